The van der Waals surface area contributed by atoms with Crippen LogP contribution in [0, 0.1) is 11.6 Å². The van der Waals surface area contributed by atoms with Crippen molar-refractivity contribution in [2.24, 2.45) is 4.99 Å². The molecule has 1 atom stereocenters. The van der Waals surface area contributed by atoms with Crippen molar-refractivity contribution in [2.75, 3.05) is 38.8 Å². The predicted molar refractivity (Wildman–Crippen MR) is 130 cm³/mol. The van der Waals surface area contributed by atoms with Crippen LogP contribution in [0.5, 0.6) is 11.5 Å². The van der Waals surface area contributed by atoms with Gasteiger partial charge < -0.3 is 25.0 Å². The molecule has 0 amide bonds. The van der Waals surface area contributed by atoms with Crippen molar-refractivity contribution >= 4 is 35.6 Å². The number of hydrogen-bond donors (Lipinski definition) is 2. The van der Waals surface area contributed by atoms with Gasteiger partial charge in [-0.2, -0.15) is 0 Å². The summed E-state index contributed by atoms with van der Waals surface area (Å²) in [6.07, 6.45) is 0.828. The summed E-state index contributed by atoms with van der Waals surface area (Å²) >= 11 is 0. The Morgan fingerprint density at radius 2 is 2.00 bits per heavy atom. The van der Waals surface area contributed by atoms with Crippen LogP contribution in [0.3, 0.4) is 0 Å². The first-order valence-electron chi connectivity index (χ1n) is 10.0. The second-order valence-electron chi connectivity index (χ2n) is 7.02. The number of rotatable bonds is 7. The maximum Gasteiger partial charge on any atom is 0.191 e. The minimum atomic E-state index is -0.569. The van der Waals surface area contributed by atoms with Gasteiger partial charge in [0.2, 0.25) is 0 Å². The summed E-state index contributed by atoms with van der Waals surface area (Å²) in [5, 5.41) is 6.67. The van der Waals surface area contributed by atoms with Gasteiger partial charge in [0, 0.05) is 38.8 Å². The van der Waals surface area contributed by atoms with Gasteiger partial charge in [-0.15, -0.1) is 24.0 Å². The van der Waals surface area contributed by atoms with E-state index in [1.807, 2.05) is 30.0 Å². The van der Waals surface area contributed by atoms with Crippen molar-refractivity contribution in [3.63, 3.8) is 0 Å². The number of anilines is 1. The molecule has 6 nitrogen and oxygen atoms in total. The van der Waals surface area contributed by atoms with Crippen molar-refractivity contribution in [1.82, 2.24) is 10.6 Å². The Labute approximate surface area is 199 Å². The molecule has 9 heteroatoms. The third-order valence-corrected chi connectivity index (χ3v) is 4.99. The molecule has 0 bridgehead atoms. The lowest BCUT2D eigenvalue weighted by molar-refractivity contribution is 0.310. The first-order chi connectivity index (χ1) is 14.5. The summed E-state index contributed by atoms with van der Waals surface area (Å²) in [5.41, 5.74) is 1.45. The first-order valence-corrected chi connectivity index (χ1v) is 10.0. The molecule has 2 aromatic carbocycles. The summed E-state index contributed by atoms with van der Waals surface area (Å²) < 4.78 is 38.1. The lowest BCUT2D eigenvalue weighted by Gasteiger charge is -2.21. The Bertz CT molecular complexity index is 898. The molecule has 1 unspecified atom stereocenters. The van der Waals surface area contributed by atoms with Crippen LogP contribution in [-0.2, 0) is 6.54 Å². The minimum absolute atomic E-state index is 0. The molecule has 1 aliphatic rings. The highest BCUT2D eigenvalue weighted by Crippen LogP contribution is 2.28. The zero-order valence-corrected chi connectivity index (χ0v) is 20.3. The second kappa shape index (κ2) is 11.9. The largest absolute Gasteiger partial charge is 0.493 e. The fraction of sp³-hybridized carbons (Fsp3) is 0.409. The molecule has 2 N–H and O–H groups in total. The highest BCUT2D eigenvalue weighted by molar-refractivity contribution is 14.0. The van der Waals surface area contributed by atoms with Crippen molar-refractivity contribution in [1.29, 1.82) is 0 Å². The molecule has 1 saturated heterocycles. The minimum Gasteiger partial charge on any atom is -0.493 e. The highest BCUT2D eigenvalue weighted by Gasteiger charge is 2.25. The maximum absolute atomic E-state index is 14.1. The van der Waals surface area contributed by atoms with E-state index in [9.17, 15) is 8.78 Å². The molecule has 0 saturated carbocycles. The number of benzene rings is 2. The Kier molecular flexibility index (Phi) is 9.60. The van der Waals surface area contributed by atoms with E-state index in [0.717, 1.165) is 18.1 Å². The molecule has 31 heavy (non-hydrogen) atoms. The van der Waals surface area contributed by atoms with E-state index in [0.29, 0.717) is 49.4 Å². The van der Waals surface area contributed by atoms with E-state index in [-0.39, 0.29) is 30.0 Å². The van der Waals surface area contributed by atoms with Crippen LogP contribution < -0.4 is 25.0 Å². The molecule has 0 radical (unpaired) electrons. The quantitative estimate of drug-likeness (QED) is 0.313. The average Bonchev–Trinajstić information content (AvgIpc) is 3.19. The van der Waals surface area contributed by atoms with Gasteiger partial charge in [-0.1, -0.05) is 6.07 Å². The number of methoxy groups -OCH3 is 1. The van der Waals surface area contributed by atoms with Crippen LogP contribution in [-0.4, -0.2) is 45.9 Å². The maximum atomic E-state index is 14.1. The number of ether oxygens (including phenoxy) is 2. The van der Waals surface area contributed by atoms with Crippen LogP contribution in [0.2, 0.25) is 0 Å². The van der Waals surface area contributed by atoms with Gasteiger partial charge in [0.25, 0.3) is 0 Å². The van der Waals surface area contributed by atoms with Gasteiger partial charge in [0.15, 0.2) is 17.5 Å². The molecule has 170 valence electrons. The number of hydrogen-bond acceptors (Lipinski definition) is 4. The summed E-state index contributed by atoms with van der Waals surface area (Å²) in [6.45, 7) is 4.35. The number of nitrogens with one attached hydrogen (secondary N) is 2. The van der Waals surface area contributed by atoms with Gasteiger partial charge in [-0.3, -0.25) is 4.99 Å². The molecule has 3 rings (SSSR count). The fourth-order valence-electron chi connectivity index (χ4n) is 3.51. The summed E-state index contributed by atoms with van der Waals surface area (Å²) in [4.78, 5) is 6.20. The normalized spacial score (nSPS) is 16.0. The topological polar surface area (TPSA) is 58.1 Å². The van der Waals surface area contributed by atoms with E-state index in [1.165, 1.54) is 12.1 Å². The molecule has 1 heterocycles. The van der Waals surface area contributed by atoms with E-state index >= 15 is 0 Å². The molecule has 1 fully saturated rings. The van der Waals surface area contributed by atoms with Crippen LogP contribution in [0.25, 0.3) is 0 Å². The van der Waals surface area contributed by atoms with Gasteiger partial charge in [-0.25, -0.2) is 8.78 Å². The molecule has 0 aliphatic carbocycles. The van der Waals surface area contributed by atoms with E-state index in [2.05, 4.69) is 15.6 Å². The Hall–Kier alpha value is -2.30. The van der Waals surface area contributed by atoms with Crippen LogP contribution in [0.15, 0.2) is 41.4 Å². The summed E-state index contributed by atoms with van der Waals surface area (Å²) in [7, 11) is 3.32. The number of aliphatic imine (C=N–C) groups is 1. The standard InChI is InChI=1S/C22H28F2N4O2.HI/c1-4-30-21-11-15(5-8-20(21)29-3)13-26-22(25-2)27-17-9-10-28(14-17)19-7-6-16(23)12-18(19)24;/h5-8,11-12,17H,4,9-10,13-14H2,1-3H3,(H2,25,26,27);1H. The van der Waals surface area contributed by atoms with Crippen molar-refractivity contribution in [3.8, 4) is 11.5 Å². The predicted octanol–water partition coefficient (Wildman–Crippen LogP) is 3.93. The van der Waals surface area contributed by atoms with Gasteiger partial charge in [-0.05, 0) is 43.2 Å². The Morgan fingerprint density at radius 1 is 1.19 bits per heavy atom. The van der Waals surface area contributed by atoms with Crippen molar-refractivity contribution in [3.05, 3.63) is 53.6 Å². The van der Waals surface area contributed by atoms with Crippen molar-refractivity contribution < 1.29 is 18.3 Å². The Morgan fingerprint density at radius 3 is 2.68 bits per heavy atom. The molecule has 0 aromatic heterocycles. The first kappa shape index (κ1) is 25.0. The number of guanidine groups is 1. The molecule has 2 aromatic rings. The number of halogens is 3. The SMILES string of the molecule is CCOc1cc(CNC(=NC)NC2CCN(c3ccc(F)cc3F)C2)ccc1OC.I. The zero-order valence-electron chi connectivity index (χ0n) is 18.0. The van der Waals surface area contributed by atoms with E-state index in [4.69, 9.17) is 9.47 Å². The lowest BCUT2D eigenvalue weighted by Crippen LogP contribution is -2.44. The van der Waals surface area contributed by atoms with Gasteiger partial charge in [0.1, 0.15) is 11.6 Å². The highest BCUT2D eigenvalue weighted by atomic mass is 127. The average molecular weight is 546 g/mol. The van der Waals surface area contributed by atoms with Gasteiger partial charge >= 0.3 is 0 Å². The summed E-state index contributed by atoms with van der Waals surface area (Å²) in [5.74, 6) is 0.955. The van der Waals surface area contributed by atoms with Crippen LogP contribution in [0.4, 0.5) is 14.5 Å². The summed E-state index contributed by atoms with van der Waals surface area (Å²) in [6, 6.07) is 9.58. The molecule has 0 spiro atoms. The van der Waals surface area contributed by atoms with E-state index in [1.54, 1.807) is 14.2 Å². The van der Waals surface area contributed by atoms with Crippen molar-refractivity contribution in [2.45, 2.75) is 25.9 Å². The molecular formula is C22H29F2IN4O2. The number of nitrogens with zero attached hydrogens (tertiary/aromatic N) is 2. The van der Waals surface area contributed by atoms with Crippen LogP contribution in [0.1, 0.15) is 18.9 Å². The van der Waals surface area contributed by atoms with E-state index < -0.39 is 11.6 Å². The lowest BCUT2D eigenvalue weighted by atomic mass is 10.2. The van der Waals surface area contributed by atoms with Gasteiger partial charge in [0.05, 0.1) is 19.4 Å². The van der Waals surface area contributed by atoms with Crippen LogP contribution >= 0.6 is 24.0 Å². The third-order valence-electron chi connectivity index (χ3n) is 4.99. The zero-order chi connectivity index (χ0) is 21.5. The molecular weight excluding hydrogens is 517 g/mol. The second-order valence-corrected chi connectivity index (χ2v) is 7.02. The smallest absolute Gasteiger partial charge is 0.191 e. The fourth-order valence-corrected chi connectivity index (χ4v) is 3.51. The monoisotopic (exact) mass is 546 g/mol. The molecule has 1 aliphatic heterocycles. The third kappa shape index (κ3) is 6.59. The Balaban J connectivity index is 0.00000341.